The molecule has 25 heavy (non-hydrogen) atoms. The summed E-state index contributed by atoms with van der Waals surface area (Å²) in [6.45, 7) is 4.56. The highest BCUT2D eigenvalue weighted by molar-refractivity contribution is 5.94. The SMILES string of the molecule is CCCCNC(=O)c1ccc(-n2c(C)nc3ccccc3c2=O)cc1. The first-order valence-electron chi connectivity index (χ1n) is 8.49. The number of aryl methyl sites for hydroxylation is 1. The molecule has 1 heterocycles. The van der Waals surface area contributed by atoms with E-state index in [1.807, 2.05) is 18.2 Å². The lowest BCUT2D eigenvalue weighted by Crippen LogP contribution is -2.25. The van der Waals surface area contributed by atoms with E-state index in [9.17, 15) is 9.59 Å². The molecule has 3 aromatic rings. The standard InChI is InChI=1S/C20H21N3O2/c1-3-4-13-21-19(24)15-9-11-16(12-10-15)23-14(2)22-18-8-6-5-7-17(18)20(23)25/h5-12H,3-4,13H2,1-2H3,(H,21,24). The van der Waals surface area contributed by atoms with Gasteiger partial charge in [-0.15, -0.1) is 0 Å². The maximum Gasteiger partial charge on any atom is 0.265 e. The highest BCUT2D eigenvalue weighted by Crippen LogP contribution is 2.13. The van der Waals surface area contributed by atoms with Gasteiger partial charge in [-0.05, 0) is 49.7 Å². The molecule has 1 N–H and O–H groups in total. The molecule has 0 atom stereocenters. The zero-order chi connectivity index (χ0) is 17.8. The van der Waals surface area contributed by atoms with Gasteiger partial charge in [0.15, 0.2) is 0 Å². The first kappa shape index (κ1) is 16.9. The predicted molar refractivity (Wildman–Crippen MR) is 99.3 cm³/mol. The summed E-state index contributed by atoms with van der Waals surface area (Å²) >= 11 is 0. The lowest BCUT2D eigenvalue weighted by Gasteiger charge is -2.11. The summed E-state index contributed by atoms with van der Waals surface area (Å²) in [5, 5.41) is 3.46. The van der Waals surface area contributed by atoms with Crippen LogP contribution >= 0.6 is 0 Å². The van der Waals surface area contributed by atoms with Crippen molar-refractivity contribution in [3.63, 3.8) is 0 Å². The molecular weight excluding hydrogens is 314 g/mol. The molecule has 0 fully saturated rings. The Balaban J connectivity index is 1.94. The van der Waals surface area contributed by atoms with Gasteiger partial charge in [-0.3, -0.25) is 14.2 Å². The van der Waals surface area contributed by atoms with Crippen molar-refractivity contribution in [3.05, 3.63) is 70.3 Å². The van der Waals surface area contributed by atoms with Crippen molar-refractivity contribution in [1.82, 2.24) is 14.9 Å². The van der Waals surface area contributed by atoms with Crippen LogP contribution in [0.3, 0.4) is 0 Å². The average molecular weight is 335 g/mol. The maximum absolute atomic E-state index is 12.8. The number of nitrogens with zero attached hydrogens (tertiary/aromatic N) is 2. The average Bonchev–Trinajstić information content (AvgIpc) is 2.62. The summed E-state index contributed by atoms with van der Waals surface area (Å²) in [4.78, 5) is 29.4. The van der Waals surface area contributed by atoms with Gasteiger partial charge in [0.25, 0.3) is 11.5 Å². The van der Waals surface area contributed by atoms with Crippen LogP contribution in [0.15, 0.2) is 53.3 Å². The van der Waals surface area contributed by atoms with E-state index in [0.717, 1.165) is 12.8 Å². The number of carbonyl (C=O) groups excluding carboxylic acids is 1. The highest BCUT2D eigenvalue weighted by atomic mass is 16.1. The fourth-order valence-electron chi connectivity index (χ4n) is 2.79. The highest BCUT2D eigenvalue weighted by Gasteiger charge is 2.10. The summed E-state index contributed by atoms with van der Waals surface area (Å²) in [5.41, 5.74) is 1.86. The van der Waals surface area contributed by atoms with Gasteiger partial charge in [-0.1, -0.05) is 25.5 Å². The number of unbranched alkanes of at least 4 members (excludes halogenated alkanes) is 1. The summed E-state index contributed by atoms with van der Waals surface area (Å²) in [5.74, 6) is 0.518. The quantitative estimate of drug-likeness (QED) is 0.728. The first-order chi connectivity index (χ1) is 12.1. The topological polar surface area (TPSA) is 64.0 Å². The molecule has 5 nitrogen and oxygen atoms in total. The van der Waals surface area contributed by atoms with Crippen LogP contribution in [0.2, 0.25) is 0 Å². The second-order valence-corrected chi connectivity index (χ2v) is 5.97. The minimum atomic E-state index is -0.108. The largest absolute Gasteiger partial charge is 0.352 e. The van der Waals surface area contributed by atoms with E-state index in [2.05, 4.69) is 17.2 Å². The van der Waals surface area contributed by atoms with Gasteiger partial charge in [0.05, 0.1) is 16.6 Å². The summed E-state index contributed by atoms with van der Waals surface area (Å²) in [7, 11) is 0. The van der Waals surface area contributed by atoms with Gasteiger partial charge in [0.2, 0.25) is 0 Å². The van der Waals surface area contributed by atoms with E-state index in [-0.39, 0.29) is 11.5 Å². The van der Waals surface area contributed by atoms with E-state index >= 15 is 0 Å². The van der Waals surface area contributed by atoms with E-state index in [1.165, 1.54) is 0 Å². The molecule has 0 saturated carbocycles. The normalized spacial score (nSPS) is 10.8. The Morgan fingerprint density at radius 1 is 1.12 bits per heavy atom. The monoisotopic (exact) mass is 335 g/mol. The van der Waals surface area contributed by atoms with Gasteiger partial charge in [0.1, 0.15) is 5.82 Å². The molecule has 0 spiro atoms. The van der Waals surface area contributed by atoms with E-state index in [4.69, 9.17) is 0 Å². The molecule has 0 aliphatic rings. The Bertz CT molecular complexity index is 959. The number of hydrogen-bond acceptors (Lipinski definition) is 3. The first-order valence-corrected chi connectivity index (χ1v) is 8.49. The van der Waals surface area contributed by atoms with Crippen molar-refractivity contribution in [2.24, 2.45) is 0 Å². The van der Waals surface area contributed by atoms with Crippen LogP contribution in [0.1, 0.15) is 35.9 Å². The molecule has 0 unspecified atom stereocenters. The molecule has 3 rings (SSSR count). The number of carbonyl (C=O) groups is 1. The molecule has 128 valence electrons. The molecule has 1 aromatic heterocycles. The third-order valence-corrected chi connectivity index (χ3v) is 4.15. The third kappa shape index (κ3) is 3.45. The Hall–Kier alpha value is -2.95. The molecule has 0 bridgehead atoms. The summed E-state index contributed by atoms with van der Waals surface area (Å²) in [6.07, 6.45) is 2.00. The molecule has 2 aromatic carbocycles. The molecule has 0 aliphatic heterocycles. The van der Waals surface area contributed by atoms with Crippen LogP contribution < -0.4 is 10.9 Å². The van der Waals surface area contributed by atoms with Crippen molar-refractivity contribution in [1.29, 1.82) is 0 Å². The van der Waals surface area contributed by atoms with Gasteiger partial charge < -0.3 is 5.32 Å². The molecule has 0 saturated heterocycles. The number of hydrogen-bond donors (Lipinski definition) is 1. The zero-order valence-electron chi connectivity index (χ0n) is 14.5. The van der Waals surface area contributed by atoms with Crippen LogP contribution in [-0.4, -0.2) is 22.0 Å². The molecule has 0 aliphatic carbocycles. The minimum Gasteiger partial charge on any atom is -0.352 e. The molecule has 1 amide bonds. The summed E-state index contributed by atoms with van der Waals surface area (Å²) in [6, 6.07) is 14.3. The minimum absolute atomic E-state index is 0.0966. The number of amides is 1. The molecular formula is C20H21N3O2. The Labute approximate surface area is 146 Å². The van der Waals surface area contributed by atoms with Gasteiger partial charge >= 0.3 is 0 Å². The smallest absolute Gasteiger partial charge is 0.265 e. The zero-order valence-corrected chi connectivity index (χ0v) is 14.5. The maximum atomic E-state index is 12.8. The fraction of sp³-hybridized carbons (Fsp3) is 0.250. The van der Waals surface area contributed by atoms with Crippen LogP contribution in [0.4, 0.5) is 0 Å². The fourth-order valence-corrected chi connectivity index (χ4v) is 2.79. The molecule has 0 radical (unpaired) electrons. The van der Waals surface area contributed by atoms with Crippen LogP contribution in [0.5, 0.6) is 0 Å². The van der Waals surface area contributed by atoms with Crippen LogP contribution in [0, 0.1) is 6.92 Å². The molecule has 5 heteroatoms. The van der Waals surface area contributed by atoms with Gasteiger partial charge in [-0.2, -0.15) is 0 Å². The van der Waals surface area contributed by atoms with Gasteiger partial charge in [-0.25, -0.2) is 4.98 Å². The Kier molecular flexibility index (Phi) is 4.93. The Morgan fingerprint density at radius 3 is 2.56 bits per heavy atom. The van der Waals surface area contributed by atoms with E-state index in [1.54, 1.807) is 41.8 Å². The van der Waals surface area contributed by atoms with Crippen LogP contribution in [-0.2, 0) is 0 Å². The second kappa shape index (κ2) is 7.30. The lowest BCUT2D eigenvalue weighted by atomic mass is 10.1. The number of benzene rings is 2. The number of aromatic nitrogens is 2. The van der Waals surface area contributed by atoms with Crippen molar-refractivity contribution in [2.75, 3.05) is 6.54 Å². The van der Waals surface area contributed by atoms with E-state index in [0.29, 0.717) is 34.5 Å². The second-order valence-electron chi connectivity index (χ2n) is 5.97. The number of fused-ring (bicyclic) bond motifs is 1. The van der Waals surface area contributed by atoms with Crippen molar-refractivity contribution in [3.8, 4) is 5.69 Å². The Morgan fingerprint density at radius 2 is 1.84 bits per heavy atom. The number of rotatable bonds is 5. The van der Waals surface area contributed by atoms with Crippen molar-refractivity contribution in [2.45, 2.75) is 26.7 Å². The predicted octanol–water partition coefficient (Wildman–Crippen LogP) is 3.22. The summed E-state index contributed by atoms with van der Waals surface area (Å²) < 4.78 is 1.57. The third-order valence-electron chi connectivity index (χ3n) is 4.15. The van der Waals surface area contributed by atoms with E-state index < -0.39 is 0 Å². The number of nitrogens with one attached hydrogen (secondary N) is 1. The lowest BCUT2D eigenvalue weighted by molar-refractivity contribution is 0.0953. The van der Waals surface area contributed by atoms with Crippen molar-refractivity contribution < 1.29 is 4.79 Å². The van der Waals surface area contributed by atoms with Crippen LogP contribution in [0.25, 0.3) is 16.6 Å². The van der Waals surface area contributed by atoms with Gasteiger partial charge in [0, 0.05) is 12.1 Å². The van der Waals surface area contributed by atoms with Crippen molar-refractivity contribution >= 4 is 16.8 Å². The number of para-hydroxylation sites is 1.